The molecule has 0 aliphatic heterocycles. The Bertz CT molecular complexity index is 791. The maximum Gasteiger partial charge on any atom is 0.329 e. The molecule has 2 amide bonds. The molecule has 27 heavy (non-hydrogen) atoms. The Balaban J connectivity index is 1.92. The summed E-state index contributed by atoms with van der Waals surface area (Å²) >= 11 is 0. The van der Waals surface area contributed by atoms with Gasteiger partial charge in [0.2, 0.25) is 0 Å². The van der Waals surface area contributed by atoms with Crippen LogP contribution >= 0.6 is 0 Å². The first-order valence-electron chi connectivity index (χ1n) is 8.39. The van der Waals surface area contributed by atoms with Gasteiger partial charge >= 0.3 is 12.0 Å². The van der Waals surface area contributed by atoms with E-state index < -0.39 is 23.0 Å². The van der Waals surface area contributed by atoms with Crippen molar-refractivity contribution in [2.75, 3.05) is 5.32 Å². The highest BCUT2D eigenvalue weighted by atomic mass is 16.6. The fourth-order valence-corrected chi connectivity index (χ4v) is 2.29. The van der Waals surface area contributed by atoms with Crippen molar-refractivity contribution >= 4 is 23.4 Å². The van der Waals surface area contributed by atoms with Gasteiger partial charge in [0, 0.05) is 17.8 Å². The molecule has 2 aromatic carbocycles. The van der Waals surface area contributed by atoms with Crippen LogP contribution in [0.15, 0.2) is 54.6 Å². The van der Waals surface area contributed by atoms with Crippen LogP contribution in [0.3, 0.4) is 0 Å². The zero-order valence-corrected chi connectivity index (χ0v) is 15.0. The molecule has 0 spiro atoms. The molecule has 142 valence electrons. The third-order valence-corrected chi connectivity index (χ3v) is 3.77. The Morgan fingerprint density at radius 2 is 1.70 bits per heavy atom. The molecule has 2 rings (SSSR count). The van der Waals surface area contributed by atoms with E-state index in [1.807, 2.05) is 6.07 Å². The molecule has 0 unspecified atom stereocenters. The van der Waals surface area contributed by atoms with Crippen LogP contribution in [0.2, 0.25) is 0 Å². The van der Waals surface area contributed by atoms with Gasteiger partial charge in [0.05, 0.1) is 4.92 Å². The highest BCUT2D eigenvalue weighted by Crippen LogP contribution is 2.14. The van der Waals surface area contributed by atoms with E-state index in [-0.39, 0.29) is 18.2 Å². The molecular weight excluding hydrogens is 350 g/mol. The highest BCUT2D eigenvalue weighted by Gasteiger charge is 2.25. The first-order chi connectivity index (χ1) is 12.9. The maximum atomic E-state index is 12.3. The molecule has 0 heterocycles. The number of hydrogen-bond donors (Lipinski definition) is 2. The Hall–Kier alpha value is -3.42. The summed E-state index contributed by atoms with van der Waals surface area (Å²) in [4.78, 5) is 34.6. The van der Waals surface area contributed by atoms with E-state index in [0.29, 0.717) is 11.3 Å². The van der Waals surface area contributed by atoms with E-state index in [0.717, 1.165) is 0 Å². The second kappa shape index (κ2) is 9.33. The molecule has 8 heteroatoms. The summed E-state index contributed by atoms with van der Waals surface area (Å²) in [5, 5.41) is 15.9. The van der Waals surface area contributed by atoms with E-state index in [4.69, 9.17) is 4.74 Å². The van der Waals surface area contributed by atoms with Gasteiger partial charge in [-0.05, 0) is 35.7 Å². The lowest BCUT2D eigenvalue weighted by molar-refractivity contribution is -0.384. The number of benzene rings is 2. The number of ether oxygens (including phenoxy) is 1. The number of nitrogens with one attached hydrogen (secondary N) is 2. The van der Waals surface area contributed by atoms with Crippen molar-refractivity contribution in [1.82, 2.24) is 5.32 Å². The Labute approximate surface area is 156 Å². The number of nitro benzene ring substituents is 1. The minimum Gasteiger partial charge on any atom is -0.459 e. The predicted molar refractivity (Wildman–Crippen MR) is 100 cm³/mol. The van der Waals surface area contributed by atoms with Gasteiger partial charge < -0.3 is 15.4 Å². The average Bonchev–Trinajstić information content (AvgIpc) is 2.65. The third-order valence-electron chi connectivity index (χ3n) is 3.77. The minimum absolute atomic E-state index is 0.0376. The quantitative estimate of drug-likeness (QED) is 0.440. The number of anilines is 1. The van der Waals surface area contributed by atoms with Crippen LogP contribution < -0.4 is 10.6 Å². The molecule has 0 aliphatic rings. The number of carbonyl (C=O) groups is 2. The van der Waals surface area contributed by atoms with Gasteiger partial charge in [-0.3, -0.25) is 10.1 Å². The number of hydrogen-bond acceptors (Lipinski definition) is 5. The lowest BCUT2D eigenvalue weighted by Crippen LogP contribution is -2.47. The number of amides is 2. The molecule has 1 atom stereocenters. The molecule has 0 aliphatic carbocycles. The van der Waals surface area contributed by atoms with Crippen molar-refractivity contribution in [2.24, 2.45) is 5.92 Å². The number of urea groups is 1. The summed E-state index contributed by atoms with van der Waals surface area (Å²) in [6.07, 6.45) is 0. The molecule has 0 saturated carbocycles. The van der Waals surface area contributed by atoms with Gasteiger partial charge in [-0.1, -0.05) is 32.0 Å². The molecule has 0 aromatic heterocycles. The summed E-state index contributed by atoms with van der Waals surface area (Å²) in [5.41, 5.74) is 1.19. The summed E-state index contributed by atoms with van der Waals surface area (Å²) in [7, 11) is 0. The molecule has 2 N–H and O–H groups in total. The summed E-state index contributed by atoms with van der Waals surface area (Å²) in [6.45, 7) is 3.54. The van der Waals surface area contributed by atoms with Gasteiger partial charge in [0.1, 0.15) is 12.6 Å². The van der Waals surface area contributed by atoms with Crippen LogP contribution in [0.25, 0.3) is 0 Å². The van der Waals surface area contributed by atoms with Crippen molar-refractivity contribution < 1.29 is 19.2 Å². The van der Waals surface area contributed by atoms with Gasteiger partial charge in [-0.25, -0.2) is 9.59 Å². The monoisotopic (exact) mass is 371 g/mol. The van der Waals surface area contributed by atoms with Gasteiger partial charge in [0.15, 0.2) is 0 Å². The second-order valence-electron chi connectivity index (χ2n) is 6.22. The molecule has 0 saturated heterocycles. The van der Waals surface area contributed by atoms with E-state index in [2.05, 4.69) is 10.6 Å². The maximum absolute atomic E-state index is 12.3. The first-order valence-corrected chi connectivity index (χ1v) is 8.39. The number of non-ortho nitro benzene ring substituents is 1. The normalized spacial score (nSPS) is 11.5. The third kappa shape index (κ3) is 6.10. The Morgan fingerprint density at radius 1 is 1.07 bits per heavy atom. The summed E-state index contributed by atoms with van der Waals surface area (Å²) in [6, 6.07) is 13.3. The first kappa shape index (κ1) is 19.9. The standard InChI is InChI=1S/C19H21N3O5/c1-13(2)17(21-19(24)20-15-6-4-3-5-7-15)18(23)27-12-14-8-10-16(11-9-14)22(25)26/h3-11,13,17H,12H2,1-2H3,(H2,20,21,24)/t17-/m1/s1. The molecule has 0 bridgehead atoms. The fourth-order valence-electron chi connectivity index (χ4n) is 2.29. The van der Waals surface area contributed by atoms with Gasteiger partial charge in [0.25, 0.3) is 5.69 Å². The Kier molecular flexibility index (Phi) is 6.87. The number of esters is 1. The molecule has 2 aromatic rings. The Morgan fingerprint density at radius 3 is 2.26 bits per heavy atom. The zero-order chi connectivity index (χ0) is 19.8. The molecule has 0 fully saturated rings. The number of carbonyl (C=O) groups excluding carboxylic acids is 2. The lowest BCUT2D eigenvalue weighted by atomic mass is 10.1. The van der Waals surface area contributed by atoms with E-state index in [1.165, 1.54) is 24.3 Å². The van der Waals surface area contributed by atoms with Crippen LogP contribution in [0.5, 0.6) is 0 Å². The summed E-state index contributed by atoms with van der Waals surface area (Å²) in [5.74, 6) is -0.762. The predicted octanol–water partition coefficient (Wildman–Crippen LogP) is 3.48. The second-order valence-corrected chi connectivity index (χ2v) is 6.22. The van der Waals surface area contributed by atoms with Crippen molar-refractivity contribution in [3.05, 3.63) is 70.3 Å². The highest BCUT2D eigenvalue weighted by molar-refractivity contribution is 5.92. The summed E-state index contributed by atoms with van der Waals surface area (Å²) < 4.78 is 5.25. The van der Waals surface area contributed by atoms with Crippen LogP contribution in [0.4, 0.5) is 16.2 Å². The number of para-hydroxylation sites is 1. The topological polar surface area (TPSA) is 111 Å². The average molecular weight is 371 g/mol. The van der Waals surface area contributed by atoms with Crippen LogP contribution in [-0.4, -0.2) is 23.0 Å². The van der Waals surface area contributed by atoms with E-state index >= 15 is 0 Å². The van der Waals surface area contributed by atoms with Crippen molar-refractivity contribution in [3.8, 4) is 0 Å². The minimum atomic E-state index is -0.827. The van der Waals surface area contributed by atoms with Crippen molar-refractivity contribution in [2.45, 2.75) is 26.5 Å². The number of rotatable bonds is 7. The van der Waals surface area contributed by atoms with Gasteiger partial charge in [-0.15, -0.1) is 0 Å². The lowest BCUT2D eigenvalue weighted by Gasteiger charge is -2.21. The number of nitrogens with zero attached hydrogens (tertiary/aromatic N) is 1. The smallest absolute Gasteiger partial charge is 0.329 e. The van der Waals surface area contributed by atoms with Crippen LogP contribution in [-0.2, 0) is 16.1 Å². The van der Waals surface area contributed by atoms with E-state index in [1.54, 1.807) is 38.1 Å². The van der Waals surface area contributed by atoms with Crippen molar-refractivity contribution in [3.63, 3.8) is 0 Å². The molecule has 8 nitrogen and oxygen atoms in total. The molecule has 0 radical (unpaired) electrons. The zero-order valence-electron chi connectivity index (χ0n) is 15.0. The van der Waals surface area contributed by atoms with Crippen LogP contribution in [0.1, 0.15) is 19.4 Å². The SMILES string of the molecule is CC(C)[C@@H](NC(=O)Nc1ccccc1)C(=O)OCc1ccc([N+](=O)[O-])cc1. The van der Waals surface area contributed by atoms with Gasteiger partial charge in [-0.2, -0.15) is 0 Å². The molecular formula is C19H21N3O5. The number of nitro groups is 1. The largest absolute Gasteiger partial charge is 0.459 e. The van der Waals surface area contributed by atoms with E-state index in [9.17, 15) is 19.7 Å². The van der Waals surface area contributed by atoms with Crippen LogP contribution in [0, 0.1) is 16.0 Å². The fraction of sp³-hybridized carbons (Fsp3) is 0.263. The van der Waals surface area contributed by atoms with Crippen molar-refractivity contribution in [1.29, 1.82) is 0 Å².